The molecule has 4 aliphatic rings. The van der Waals surface area contributed by atoms with Crippen molar-refractivity contribution in [3.8, 4) is 11.1 Å². The first-order chi connectivity index (χ1) is 20.6. The topological polar surface area (TPSA) is 52.5 Å². The van der Waals surface area contributed by atoms with Crippen LogP contribution >= 0.6 is 0 Å². The highest BCUT2D eigenvalue weighted by Gasteiger charge is 2.30. The molecule has 4 fully saturated rings. The zero-order valence-corrected chi connectivity index (χ0v) is 25.8. The summed E-state index contributed by atoms with van der Waals surface area (Å²) in [5.74, 6) is 2.51. The van der Waals surface area contributed by atoms with E-state index in [0.717, 1.165) is 18.3 Å². The lowest BCUT2D eigenvalue weighted by Crippen LogP contribution is -2.46. The lowest BCUT2D eigenvalue weighted by atomic mass is 9.79. The van der Waals surface area contributed by atoms with E-state index in [-0.39, 0.29) is 0 Å². The first-order valence-corrected chi connectivity index (χ1v) is 16.6. The van der Waals surface area contributed by atoms with Crippen molar-refractivity contribution in [2.45, 2.75) is 64.3 Å². The highest BCUT2D eigenvalue weighted by Crippen LogP contribution is 2.42. The fourth-order valence-corrected chi connectivity index (χ4v) is 7.58. The normalized spacial score (nSPS) is 24.3. The summed E-state index contributed by atoms with van der Waals surface area (Å²) in [6, 6.07) is 9.07. The van der Waals surface area contributed by atoms with Crippen LogP contribution in [0.1, 0.15) is 63.5 Å². The Kier molecular flexibility index (Phi) is 8.33. The Morgan fingerprint density at radius 3 is 2.38 bits per heavy atom. The highest BCUT2D eigenvalue weighted by molar-refractivity contribution is 5.88. The van der Waals surface area contributed by atoms with Crippen molar-refractivity contribution in [2.24, 2.45) is 18.9 Å². The fraction of sp³-hybridized carbons (Fsp3) is 0.600. The van der Waals surface area contributed by atoms with Crippen LogP contribution in [0.4, 0.5) is 5.82 Å². The van der Waals surface area contributed by atoms with Crippen LogP contribution in [0.15, 0.2) is 47.9 Å². The Hall–Kier alpha value is -2.74. The Bertz CT molecular complexity index is 1400. The molecule has 224 valence electrons. The minimum atomic E-state index is 0.655. The molecule has 0 bridgehead atoms. The predicted octanol–water partition coefficient (Wildman–Crippen LogP) is 6.13. The molecule has 0 unspecified atom stereocenters. The van der Waals surface area contributed by atoms with Crippen LogP contribution in [0.3, 0.4) is 0 Å². The Morgan fingerprint density at radius 2 is 1.62 bits per heavy atom. The zero-order chi connectivity index (χ0) is 28.5. The number of allylic oxidation sites excluding steroid dienone is 2. The molecule has 1 aromatic carbocycles. The number of piperazine rings is 1. The third-order valence-corrected chi connectivity index (χ3v) is 10.4. The van der Waals surface area contributed by atoms with Crippen LogP contribution in [-0.4, -0.2) is 82.3 Å². The molecular formula is C35H49N7. The number of hydrogen-bond donors (Lipinski definition) is 1. The average Bonchev–Trinajstić information content (AvgIpc) is 3.80. The molecule has 7 rings (SSSR count). The Morgan fingerprint density at radius 1 is 0.833 bits per heavy atom. The van der Waals surface area contributed by atoms with Crippen molar-refractivity contribution in [1.29, 1.82) is 0 Å². The summed E-state index contributed by atoms with van der Waals surface area (Å²) >= 11 is 0. The molecule has 2 aliphatic heterocycles. The summed E-state index contributed by atoms with van der Waals surface area (Å²) in [4.78, 5) is 12.6. The Labute approximate surface area is 252 Å². The number of benzene rings is 1. The smallest absolute Gasteiger partial charge is 0.130 e. The van der Waals surface area contributed by atoms with Crippen molar-refractivity contribution < 1.29 is 0 Å². The van der Waals surface area contributed by atoms with E-state index < -0.39 is 0 Å². The number of hydrogen-bond acceptors (Lipinski definition) is 6. The molecule has 1 N–H and O–H groups in total. The van der Waals surface area contributed by atoms with Gasteiger partial charge in [0.25, 0.3) is 0 Å². The number of aromatic nitrogens is 3. The maximum atomic E-state index is 4.87. The van der Waals surface area contributed by atoms with Gasteiger partial charge in [-0.25, -0.2) is 4.98 Å². The maximum absolute atomic E-state index is 4.87. The highest BCUT2D eigenvalue weighted by atomic mass is 15.3. The second-order valence-corrected chi connectivity index (χ2v) is 13.6. The molecule has 2 saturated carbocycles. The minimum Gasteiger partial charge on any atom is -0.344 e. The van der Waals surface area contributed by atoms with Gasteiger partial charge >= 0.3 is 0 Å². The number of likely N-dealkylation sites (tertiary alicyclic amines) is 1. The van der Waals surface area contributed by atoms with E-state index in [1.54, 1.807) is 5.57 Å². The molecule has 4 heterocycles. The quantitative estimate of drug-likeness (QED) is 0.353. The third-order valence-electron chi connectivity index (χ3n) is 10.4. The standard InChI is InChI=1S/C35H49N7/c1-39-16-18-42(19-17-39)24-26-6-8-27(9-7-26)35(28-10-11-28)38-34-21-31-20-29(12-13-30(31)22-36-34)32-23-37-40(2)33(32)25-41-14-4-3-5-15-41/h12-13,20-23,26-27H,3-11,14-19,24-25H2,1-2H3,(H,36,38). The molecule has 2 aliphatic carbocycles. The monoisotopic (exact) mass is 567 g/mol. The fourth-order valence-electron chi connectivity index (χ4n) is 7.58. The number of pyridine rings is 1. The SMILES string of the molecule is CN1CCN(CC2CCC(C(Nc3cc4cc(-c5cnn(C)c5CN5CCCCC5)ccc4cn3)=C3CC3)CC2)CC1. The van der Waals surface area contributed by atoms with Gasteiger partial charge in [-0.1, -0.05) is 18.6 Å². The summed E-state index contributed by atoms with van der Waals surface area (Å²) in [6.07, 6.45) is 15.9. The van der Waals surface area contributed by atoms with Crippen LogP contribution in [0.25, 0.3) is 21.9 Å². The second kappa shape index (κ2) is 12.5. The molecule has 0 atom stereocenters. The van der Waals surface area contributed by atoms with E-state index >= 15 is 0 Å². The predicted molar refractivity (Wildman–Crippen MR) is 172 cm³/mol. The van der Waals surface area contributed by atoms with Gasteiger partial charge in [-0.15, -0.1) is 0 Å². The van der Waals surface area contributed by atoms with Gasteiger partial charge in [0.15, 0.2) is 0 Å². The van der Waals surface area contributed by atoms with Gasteiger partial charge < -0.3 is 15.1 Å². The van der Waals surface area contributed by atoms with Crippen LogP contribution in [-0.2, 0) is 13.6 Å². The van der Waals surface area contributed by atoms with Crippen molar-refractivity contribution in [3.63, 3.8) is 0 Å². The van der Waals surface area contributed by atoms with Crippen LogP contribution in [0.5, 0.6) is 0 Å². The number of nitrogens with zero attached hydrogens (tertiary/aromatic N) is 6. The minimum absolute atomic E-state index is 0.655. The summed E-state index contributed by atoms with van der Waals surface area (Å²) in [6.45, 7) is 9.58. The Balaban J connectivity index is 1.04. The van der Waals surface area contributed by atoms with Gasteiger partial charge in [0, 0.05) is 69.2 Å². The van der Waals surface area contributed by atoms with Gasteiger partial charge in [-0.05, 0) is 112 Å². The largest absolute Gasteiger partial charge is 0.344 e. The first kappa shape index (κ1) is 28.1. The first-order valence-electron chi connectivity index (χ1n) is 16.6. The molecule has 0 amide bonds. The number of nitrogens with one attached hydrogen (secondary N) is 1. The summed E-state index contributed by atoms with van der Waals surface area (Å²) in [5, 5.41) is 11.0. The molecule has 0 spiro atoms. The van der Waals surface area contributed by atoms with E-state index in [0.29, 0.717) is 5.92 Å². The van der Waals surface area contributed by atoms with Gasteiger partial charge in [0.1, 0.15) is 5.82 Å². The van der Waals surface area contributed by atoms with Crippen molar-refractivity contribution in [1.82, 2.24) is 29.5 Å². The molecule has 2 saturated heterocycles. The lowest BCUT2D eigenvalue weighted by molar-refractivity contribution is 0.121. The number of piperidine rings is 1. The van der Waals surface area contributed by atoms with E-state index in [9.17, 15) is 0 Å². The molecule has 2 aromatic heterocycles. The van der Waals surface area contributed by atoms with Crippen molar-refractivity contribution >= 4 is 16.6 Å². The molecule has 7 nitrogen and oxygen atoms in total. The van der Waals surface area contributed by atoms with Crippen LogP contribution in [0, 0.1) is 11.8 Å². The molecule has 7 heteroatoms. The molecule has 42 heavy (non-hydrogen) atoms. The van der Waals surface area contributed by atoms with Gasteiger partial charge in [-0.2, -0.15) is 5.10 Å². The van der Waals surface area contributed by atoms with Crippen molar-refractivity contribution in [2.75, 3.05) is 58.2 Å². The van der Waals surface area contributed by atoms with Crippen molar-refractivity contribution in [3.05, 3.63) is 53.6 Å². The third kappa shape index (κ3) is 6.43. The number of anilines is 1. The summed E-state index contributed by atoms with van der Waals surface area (Å²) in [7, 11) is 4.34. The number of fused-ring (bicyclic) bond motifs is 1. The summed E-state index contributed by atoms with van der Waals surface area (Å²) < 4.78 is 2.07. The van der Waals surface area contributed by atoms with Gasteiger partial charge in [0.05, 0.1) is 11.9 Å². The average molecular weight is 568 g/mol. The summed E-state index contributed by atoms with van der Waals surface area (Å²) in [5.41, 5.74) is 6.94. The molecule has 0 radical (unpaired) electrons. The molecular weight excluding hydrogens is 518 g/mol. The maximum Gasteiger partial charge on any atom is 0.130 e. The van der Waals surface area contributed by atoms with Crippen LogP contribution < -0.4 is 5.32 Å². The van der Waals surface area contributed by atoms with E-state index in [4.69, 9.17) is 4.98 Å². The second-order valence-electron chi connectivity index (χ2n) is 13.6. The van der Waals surface area contributed by atoms with Gasteiger partial charge in [0.2, 0.25) is 0 Å². The number of aryl methyl sites for hydroxylation is 1. The van der Waals surface area contributed by atoms with E-state index in [1.165, 1.54) is 137 Å². The lowest BCUT2D eigenvalue weighted by Gasteiger charge is -2.37. The molecule has 3 aromatic rings. The van der Waals surface area contributed by atoms with Crippen LogP contribution in [0.2, 0.25) is 0 Å². The van der Waals surface area contributed by atoms with Gasteiger partial charge in [-0.3, -0.25) is 9.58 Å². The number of rotatable bonds is 8. The van der Waals surface area contributed by atoms with E-state index in [2.05, 4.69) is 74.4 Å². The number of likely N-dealkylation sites (N-methyl/N-ethyl adjacent to an activating group) is 1. The zero-order valence-electron chi connectivity index (χ0n) is 25.8. The van der Waals surface area contributed by atoms with E-state index in [1.807, 2.05) is 6.20 Å².